The largest absolute Gasteiger partial charge is 0.384 e. The van der Waals surface area contributed by atoms with Crippen molar-refractivity contribution in [1.82, 2.24) is 4.98 Å². The second-order valence-electron chi connectivity index (χ2n) is 4.15. The van der Waals surface area contributed by atoms with Crippen LogP contribution >= 0.6 is 0 Å². The lowest BCUT2D eigenvalue weighted by Crippen LogP contribution is -2.22. The number of aromatic nitrogens is 1. The predicted octanol–water partition coefficient (Wildman–Crippen LogP) is 2.03. The number of nitrogens with two attached hydrogens (primary N) is 1. The fraction of sp³-hybridized carbons (Fsp3) is 0.583. The molecule has 0 aliphatic carbocycles. The van der Waals surface area contributed by atoms with E-state index in [0.717, 1.165) is 25.4 Å². The second-order valence-corrected chi connectivity index (χ2v) is 4.15. The monoisotopic (exact) mass is 221 g/mol. The van der Waals surface area contributed by atoms with Gasteiger partial charge in [-0.3, -0.25) is 0 Å². The van der Waals surface area contributed by atoms with Crippen molar-refractivity contribution in [3.63, 3.8) is 0 Å². The summed E-state index contributed by atoms with van der Waals surface area (Å²) in [5.74, 6) is 1.40. The van der Waals surface area contributed by atoms with Crippen LogP contribution in [0.5, 0.6) is 0 Å². The lowest BCUT2D eigenvalue weighted by molar-refractivity contribution is 0.0134. The lowest BCUT2D eigenvalue weighted by Gasteiger charge is -2.22. The molecule has 1 aliphatic rings. The SMILES string of the molecule is Nc1cccc(NCCC2CCCCO2)n1. The summed E-state index contributed by atoms with van der Waals surface area (Å²) >= 11 is 0. The molecule has 2 heterocycles. The van der Waals surface area contributed by atoms with Gasteiger partial charge < -0.3 is 15.8 Å². The molecule has 0 aromatic carbocycles. The molecular formula is C12H19N3O. The van der Waals surface area contributed by atoms with Gasteiger partial charge in [0.25, 0.3) is 0 Å². The van der Waals surface area contributed by atoms with E-state index in [9.17, 15) is 0 Å². The van der Waals surface area contributed by atoms with Crippen LogP contribution in [0.4, 0.5) is 11.6 Å². The molecule has 0 amide bonds. The number of pyridine rings is 1. The van der Waals surface area contributed by atoms with Gasteiger partial charge in [0.15, 0.2) is 0 Å². The fourth-order valence-corrected chi connectivity index (χ4v) is 1.95. The molecular weight excluding hydrogens is 202 g/mol. The van der Waals surface area contributed by atoms with Crippen molar-refractivity contribution in [1.29, 1.82) is 0 Å². The van der Waals surface area contributed by atoms with Crippen LogP contribution in [0.1, 0.15) is 25.7 Å². The summed E-state index contributed by atoms with van der Waals surface area (Å²) in [7, 11) is 0. The molecule has 88 valence electrons. The van der Waals surface area contributed by atoms with Gasteiger partial charge in [-0.25, -0.2) is 4.98 Å². The molecule has 0 saturated carbocycles. The van der Waals surface area contributed by atoms with Crippen LogP contribution in [0.25, 0.3) is 0 Å². The molecule has 1 saturated heterocycles. The highest BCUT2D eigenvalue weighted by Gasteiger charge is 2.12. The van der Waals surface area contributed by atoms with Crippen LogP contribution in [0.15, 0.2) is 18.2 Å². The van der Waals surface area contributed by atoms with E-state index in [4.69, 9.17) is 10.5 Å². The number of nitrogens with zero attached hydrogens (tertiary/aromatic N) is 1. The van der Waals surface area contributed by atoms with Crippen molar-refractivity contribution >= 4 is 11.6 Å². The van der Waals surface area contributed by atoms with E-state index in [1.807, 2.05) is 12.1 Å². The topological polar surface area (TPSA) is 60.2 Å². The zero-order valence-corrected chi connectivity index (χ0v) is 9.48. The van der Waals surface area contributed by atoms with Crippen LogP contribution in [-0.4, -0.2) is 24.2 Å². The lowest BCUT2D eigenvalue weighted by atomic mass is 10.1. The smallest absolute Gasteiger partial charge is 0.128 e. The molecule has 2 rings (SSSR count). The first kappa shape index (κ1) is 11.2. The number of hydrogen-bond acceptors (Lipinski definition) is 4. The summed E-state index contributed by atoms with van der Waals surface area (Å²) in [4.78, 5) is 4.18. The molecule has 0 spiro atoms. The quantitative estimate of drug-likeness (QED) is 0.816. The van der Waals surface area contributed by atoms with Gasteiger partial charge in [-0.1, -0.05) is 6.07 Å². The maximum Gasteiger partial charge on any atom is 0.128 e. The molecule has 16 heavy (non-hydrogen) atoms. The second kappa shape index (κ2) is 5.70. The summed E-state index contributed by atoms with van der Waals surface area (Å²) in [6.07, 6.45) is 5.15. The molecule has 1 unspecified atom stereocenters. The van der Waals surface area contributed by atoms with Gasteiger partial charge in [0.1, 0.15) is 11.6 Å². The standard InChI is InChI=1S/C12H19N3O/c13-11-5-3-6-12(15-11)14-8-7-10-4-1-2-9-16-10/h3,5-6,10H,1-2,4,7-9H2,(H3,13,14,15). The minimum Gasteiger partial charge on any atom is -0.384 e. The van der Waals surface area contributed by atoms with Crippen LogP contribution in [0.2, 0.25) is 0 Å². The van der Waals surface area contributed by atoms with Gasteiger partial charge in [0, 0.05) is 13.2 Å². The van der Waals surface area contributed by atoms with Crippen molar-refractivity contribution in [3.05, 3.63) is 18.2 Å². The summed E-state index contributed by atoms with van der Waals surface area (Å²) in [5, 5.41) is 3.26. The Morgan fingerprint density at radius 1 is 1.44 bits per heavy atom. The maximum absolute atomic E-state index is 5.65. The fourth-order valence-electron chi connectivity index (χ4n) is 1.95. The zero-order valence-electron chi connectivity index (χ0n) is 9.48. The number of rotatable bonds is 4. The highest BCUT2D eigenvalue weighted by atomic mass is 16.5. The number of hydrogen-bond donors (Lipinski definition) is 2. The van der Waals surface area contributed by atoms with Gasteiger partial charge in [-0.15, -0.1) is 0 Å². The van der Waals surface area contributed by atoms with Crippen molar-refractivity contribution in [3.8, 4) is 0 Å². The molecule has 1 atom stereocenters. The number of nitrogens with one attached hydrogen (secondary N) is 1. The Kier molecular flexibility index (Phi) is 3.99. The third kappa shape index (κ3) is 3.38. The molecule has 3 N–H and O–H groups in total. The van der Waals surface area contributed by atoms with Gasteiger partial charge >= 0.3 is 0 Å². The molecule has 4 heteroatoms. The summed E-state index contributed by atoms with van der Waals surface area (Å²) < 4.78 is 5.65. The Bertz CT molecular complexity index is 324. The number of ether oxygens (including phenoxy) is 1. The van der Waals surface area contributed by atoms with Gasteiger partial charge in [-0.05, 0) is 37.8 Å². The Balaban J connectivity index is 1.71. The van der Waals surface area contributed by atoms with E-state index in [1.54, 1.807) is 6.07 Å². The first-order valence-electron chi connectivity index (χ1n) is 5.92. The predicted molar refractivity (Wildman–Crippen MR) is 65.3 cm³/mol. The van der Waals surface area contributed by atoms with Crippen molar-refractivity contribution in [2.45, 2.75) is 31.8 Å². The van der Waals surface area contributed by atoms with E-state index in [2.05, 4.69) is 10.3 Å². The minimum atomic E-state index is 0.419. The minimum absolute atomic E-state index is 0.419. The Labute approximate surface area is 96.2 Å². The normalized spacial score (nSPS) is 20.6. The Morgan fingerprint density at radius 3 is 3.12 bits per heavy atom. The molecule has 1 aromatic heterocycles. The summed E-state index contributed by atoms with van der Waals surface area (Å²) in [5.41, 5.74) is 5.60. The van der Waals surface area contributed by atoms with Gasteiger partial charge in [0.05, 0.1) is 6.10 Å². The van der Waals surface area contributed by atoms with Crippen LogP contribution in [0.3, 0.4) is 0 Å². The molecule has 1 fully saturated rings. The molecule has 0 bridgehead atoms. The summed E-state index contributed by atoms with van der Waals surface area (Å²) in [6.45, 7) is 1.81. The highest BCUT2D eigenvalue weighted by Crippen LogP contribution is 2.15. The van der Waals surface area contributed by atoms with Crippen molar-refractivity contribution in [2.75, 3.05) is 24.2 Å². The maximum atomic E-state index is 5.65. The Morgan fingerprint density at radius 2 is 2.38 bits per heavy atom. The zero-order chi connectivity index (χ0) is 11.2. The van der Waals surface area contributed by atoms with E-state index >= 15 is 0 Å². The van der Waals surface area contributed by atoms with E-state index in [1.165, 1.54) is 19.3 Å². The number of anilines is 2. The van der Waals surface area contributed by atoms with E-state index in [-0.39, 0.29) is 0 Å². The van der Waals surface area contributed by atoms with Crippen molar-refractivity contribution < 1.29 is 4.74 Å². The molecule has 4 nitrogen and oxygen atoms in total. The average molecular weight is 221 g/mol. The Hall–Kier alpha value is -1.29. The van der Waals surface area contributed by atoms with Crippen molar-refractivity contribution in [2.24, 2.45) is 0 Å². The molecule has 1 aliphatic heterocycles. The third-order valence-electron chi connectivity index (χ3n) is 2.82. The van der Waals surface area contributed by atoms with Gasteiger partial charge in [-0.2, -0.15) is 0 Å². The molecule has 0 radical (unpaired) electrons. The van der Waals surface area contributed by atoms with Crippen LogP contribution < -0.4 is 11.1 Å². The highest BCUT2D eigenvalue weighted by molar-refractivity contribution is 5.41. The summed E-state index contributed by atoms with van der Waals surface area (Å²) in [6, 6.07) is 5.62. The first-order chi connectivity index (χ1) is 7.84. The van der Waals surface area contributed by atoms with E-state index in [0.29, 0.717) is 11.9 Å². The average Bonchev–Trinajstić information content (AvgIpc) is 2.30. The van der Waals surface area contributed by atoms with Crippen LogP contribution in [-0.2, 0) is 4.74 Å². The van der Waals surface area contributed by atoms with E-state index < -0.39 is 0 Å². The first-order valence-corrected chi connectivity index (χ1v) is 5.92. The van der Waals surface area contributed by atoms with Crippen LogP contribution in [0, 0.1) is 0 Å². The number of nitrogen functional groups attached to an aromatic ring is 1. The van der Waals surface area contributed by atoms with Gasteiger partial charge in [0.2, 0.25) is 0 Å². The molecule has 1 aromatic rings. The third-order valence-corrected chi connectivity index (χ3v) is 2.82.